The molecule has 1 unspecified atom stereocenters. The molecule has 2 heterocycles. The molecule has 2 saturated heterocycles. The summed E-state index contributed by atoms with van der Waals surface area (Å²) in [5, 5.41) is 80.6. The molecule has 44 heavy (non-hydrogen) atoms. The van der Waals surface area contributed by atoms with Gasteiger partial charge in [0.25, 0.3) is 0 Å². The van der Waals surface area contributed by atoms with Crippen LogP contribution in [0.15, 0.2) is 12.2 Å². The van der Waals surface area contributed by atoms with Crippen molar-refractivity contribution < 1.29 is 59.8 Å². The number of hydrogen-bond acceptors (Lipinski definition) is 12. The number of fused-ring (bicyclic) bond motifs is 1. The molecule has 0 aromatic carbocycles. The van der Waals surface area contributed by atoms with Crippen molar-refractivity contribution in [3.8, 4) is 0 Å². The summed E-state index contributed by atoms with van der Waals surface area (Å²) in [5.74, 6) is 0.612. The lowest BCUT2D eigenvalue weighted by atomic mass is 9.46. The molecule has 0 bridgehead atoms. The average Bonchev–Trinajstić information content (AvgIpc) is 2.96. The average molecular weight is 633 g/mol. The standard InChI is InChI=1S/C32H56O12/c1-16(9-12-41-29-26(39)24(37)22(35)20(14-33)43-29)7-8-18-17(2)13-19(28-31(3,4)10-6-11-32(18,28)5)42-30-27(40)25(38)23(36)21(15-34)44-30/h16,18-30,33-40H,2,6-15H2,1,3-5H3/t16-,18-,19?,20+,21+,22+,23+,24-,25-,26+,27+,28-,29+,30+,32+/m0/s1. The van der Waals surface area contributed by atoms with Crippen LogP contribution in [-0.4, -0.2) is 128 Å². The zero-order valence-corrected chi connectivity index (χ0v) is 26.6. The Labute approximate surface area is 260 Å². The fourth-order valence-electron chi connectivity index (χ4n) is 8.63. The fraction of sp³-hybridized carbons (Fsp3) is 0.938. The van der Waals surface area contributed by atoms with Gasteiger partial charge in [-0.2, -0.15) is 0 Å². The van der Waals surface area contributed by atoms with E-state index in [2.05, 4.69) is 34.3 Å². The van der Waals surface area contributed by atoms with Gasteiger partial charge in [-0.25, -0.2) is 0 Å². The Morgan fingerprint density at radius 2 is 1.39 bits per heavy atom. The lowest BCUT2D eigenvalue weighted by Crippen LogP contribution is -2.62. The van der Waals surface area contributed by atoms with Crippen molar-refractivity contribution in [2.45, 2.75) is 140 Å². The van der Waals surface area contributed by atoms with Crippen LogP contribution in [0.4, 0.5) is 0 Å². The summed E-state index contributed by atoms with van der Waals surface area (Å²) in [6.07, 6.45) is -7.25. The van der Waals surface area contributed by atoms with E-state index in [4.69, 9.17) is 18.9 Å². The SMILES string of the molecule is C=C1CC(O[C@@H]2O[C@H](CO)[C@@H](O)[C@H](O)[C@H]2O)[C@H]2C(C)(C)CCC[C@]2(C)[C@H]1CC[C@H](C)CCO[C@@H]1O[C@H](CO)[C@@H](O)[C@H](O)[C@H]1O. The van der Waals surface area contributed by atoms with Gasteiger partial charge in [-0.3, -0.25) is 0 Å². The van der Waals surface area contributed by atoms with E-state index < -0.39 is 74.6 Å². The van der Waals surface area contributed by atoms with Gasteiger partial charge in [0.2, 0.25) is 0 Å². The molecule has 4 fully saturated rings. The summed E-state index contributed by atoms with van der Waals surface area (Å²) in [6.45, 7) is 12.7. The molecule has 2 saturated carbocycles. The van der Waals surface area contributed by atoms with Crippen LogP contribution >= 0.6 is 0 Å². The molecule has 4 rings (SSSR count). The topological polar surface area (TPSA) is 199 Å². The first-order valence-electron chi connectivity index (χ1n) is 16.2. The summed E-state index contributed by atoms with van der Waals surface area (Å²) >= 11 is 0. The van der Waals surface area contributed by atoms with Crippen molar-refractivity contribution in [2.24, 2.45) is 28.6 Å². The number of aliphatic hydroxyl groups is 8. The van der Waals surface area contributed by atoms with Gasteiger partial charge in [0.05, 0.1) is 25.9 Å². The highest BCUT2D eigenvalue weighted by Gasteiger charge is 2.58. The second-order valence-corrected chi connectivity index (χ2v) is 14.7. The van der Waals surface area contributed by atoms with Gasteiger partial charge in [-0.15, -0.1) is 0 Å². The molecule has 0 aromatic heterocycles. The molecular weight excluding hydrogens is 576 g/mol. The minimum Gasteiger partial charge on any atom is -0.394 e. The molecule has 15 atom stereocenters. The van der Waals surface area contributed by atoms with E-state index in [-0.39, 0.29) is 41.3 Å². The number of hydrogen-bond donors (Lipinski definition) is 8. The van der Waals surface area contributed by atoms with Crippen LogP contribution in [0.3, 0.4) is 0 Å². The van der Waals surface area contributed by atoms with Crippen LogP contribution in [-0.2, 0) is 18.9 Å². The van der Waals surface area contributed by atoms with Crippen molar-refractivity contribution >= 4 is 0 Å². The normalized spacial score (nSPS) is 46.8. The maximum absolute atomic E-state index is 10.7. The predicted octanol–water partition coefficient (Wildman–Crippen LogP) is 0.203. The molecule has 12 nitrogen and oxygen atoms in total. The van der Waals surface area contributed by atoms with E-state index >= 15 is 0 Å². The van der Waals surface area contributed by atoms with Gasteiger partial charge in [-0.1, -0.05) is 52.7 Å². The van der Waals surface area contributed by atoms with Gasteiger partial charge >= 0.3 is 0 Å². The molecular formula is C32H56O12. The zero-order chi connectivity index (χ0) is 32.6. The number of aliphatic hydroxyl groups excluding tert-OH is 8. The van der Waals surface area contributed by atoms with E-state index in [0.717, 1.165) is 37.7 Å². The van der Waals surface area contributed by atoms with Gasteiger partial charge < -0.3 is 59.8 Å². The third kappa shape index (κ3) is 7.22. The third-order valence-electron chi connectivity index (χ3n) is 11.1. The summed E-state index contributed by atoms with van der Waals surface area (Å²) in [4.78, 5) is 0. The van der Waals surface area contributed by atoms with Gasteiger partial charge in [-0.05, 0) is 60.7 Å². The Morgan fingerprint density at radius 1 is 0.818 bits per heavy atom. The summed E-state index contributed by atoms with van der Waals surface area (Å²) in [5.41, 5.74) is 0.860. The molecule has 256 valence electrons. The maximum Gasteiger partial charge on any atom is 0.186 e. The highest BCUT2D eigenvalue weighted by Crippen LogP contribution is 2.62. The lowest BCUT2D eigenvalue weighted by molar-refractivity contribution is -0.324. The van der Waals surface area contributed by atoms with Crippen LogP contribution in [0.2, 0.25) is 0 Å². The van der Waals surface area contributed by atoms with Gasteiger partial charge in [0, 0.05) is 0 Å². The van der Waals surface area contributed by atoms with Crippen molar-refractivity contribution in [1.29, 1.82) is 0 Å². The molecule has 0 aromatic rings. The van der Waals surface area contributed by atoms with Gasteiger partial charge in [0.15, 0.2) is 12.6 Å². The molecule has 2 aliphatic heterocycles. The highest BCUT2D eigenvalue weighted by molar-refractivity contribution is 5.19. The second kappa shape index (κ2) is 14.6. The van der Waals surface area contributed by atoms with Gasteiger partial charge in [0.1, 0.15) is 48.8 Å². The molecule has 0 amide bonds. The van der Waals surface area contributed by atoms with Crippen molar-refractivity contribution in [3.63, 3.8) is 0 Å². The minimum absolute atomic E-state index is 0.0738. The zero-order valence-electron chi connectivity index (χ0n) is 26.6. The molecule has 0 spiro atoms. The Kier molecular flexibility index (Phi) is 12.0. The van der Waals surface area contributed by atoms with E-state index in [9.17, 15) is 40.9 Å². The lowest BCUT2D eigenvalue weighted by Gasteiger charge is -2.61. The monoisotopic (exact) mass is 632 g/mol. The molecule has 12 heteroatoms. The van der Waals surface area contributed by atoms with Crippen LogP contribution in [0.5, 0.6) is 0 Å². The molecule has 2 aliphatic carbocycles. The van der Waals surface area contributed by atoms with Crippen LogP contribution in [0.25, 0.3) is 0 Å². The van der Waals surface area contributed by atoms with E-state index in [1.54, 1.807) is 0 Å². The molecule has 8 N–H and O–H groups in total. The first kappa shape index (κ1) is 36.1. The second-order valence-electron chi connectivity index (χ2n) is 14.7. The smallest absolute Gasteiger partial charge is 0.186 e. The highest BCUT2D eigenvalue weighted by atomic mass is 16.7. The number of ether oxygens (including phenoxy) is 4. The predicted molar refractivity (Wildman–Crippen MR) is 158 cm³/mol. The van der Waals surface area contributed by atoms with Crippen molar-refractivity contribution in [3.05, 3.63) is 12.2 Å². The van der Waals surface area contributed by atoms with Crippen molar-refractivity contribution in [1.82, 2.24) is 0 Å². The van der Waals surface area contributed by atoms with Crippen LogP contribution in [0, 0.1) is 28.6 Å². The Morgan fingerprint density at radius 3 is 1.98 bits per heavy atom. The largest absolute Gasteiger partial charge is 0.394 e. The van der Waals surface area contributed by atoms with Crippen molar-refractivity contribution in [2.75, 3.05) is 19.8 Å². The quantitative estimate of drug-likeness (QED) is 0.144. The Bertz CT molecular complexity index is 944. The first-order valence-corrected chi connectivity index (χ1v) is 16.2. The first-order chi connectivity index (χ1) is 20.7. The van der Waals surface area contributed by atoms with E-state index in [0.29, 0.717) is 12.8 Å². The maximum atomic E-state index is 10.7. The van der Waals surface area contributed by atoms with E-state index in [1.165, 1.54) is 0 Å². The fourth-order valence-corrected chi connectivity index (χ4v) is 8.63. The van der Waals surface area contributed by atoms with Crippen LogP contribution < -0.4 is 0 Å². The minimum atomic E-state index is -1.50. The third-order valence-corrected chi connectivity index (χ3v) is 11.1. The summed E-state index contributed by atoms with van der Waals surface area (Å²) < 4.78 is 23.3. The summed E-state index contributed by atoms with van der Waals surface area (Å²) in [6, 6.07) is 0. The summed E-state index contributed by atoms with van der Waals surface area (Å²) in [7, 11) is 0. The Balaban J connectivity index is 1.38. The molecule has 0 radical (unpaired) electrons. The molecule has 4 aliphatic rings. The number of rotatable bonds is 11. The van der Waals surface area contributed by atoms with Crippen LogP contribution in [0.1, 0.15) is 72.6 Å². The Hall–Kier alpha value is -0.740. The van der Waals surface area contributed by atoms with E-state index in [1.807, 2.05) is 0 Å².